The molecule has 5 nitrogen and oxygen atoms in total. The average molecular weight is 456 g/mol. The summed E-state index contributed by atoms with van der Waals surface area (Å²) >= 11 is 0. The third-order valence-corrected chi connectivity index (χ3v) is 6.59. The van der Waals surface area contributed by atoms with E-state index in [9.17, 15) is 9.18 Å². The Morgan fingerprint density at radius 1 is 1.12 bits per heavy atom. The van der Waals surface area contributed by atoms with E-state index in [1.165, 1.54) is 18.6 Å². The first-order valence-corrected chi connectivity index (χ1v) is 12.0. The Kier molecular flexibility index (Phi) is 7.23. The average Bonchev–Trinajstić information content (AvgIpc) is 2.81. The Morgan fingerprint density at radius 3 is 2.55 bits per heavy atom. The second kappa shape index (κ2) is 10.1. The Bertz CT molecular complexity index is 953. The van der Waals surface area contributed by atoms with Gasteiger partial charge in [-0.3, -0.25) is 4.79 Å². The zero-order chi connectivity index (χ0) is 23.4. The van der Waals surface area contributed by atoms with Crippen molar-refractivity contribution in [1.82, 2.24) is 0 Å². The second-order valence-corrected chi connectivity index (χ2v) is 9.51. The molecule has 1 aliphatic heterocycles. The van der Waals surface area contributed by atoms with Crippen molar-refractivity contribution in [2.24, 2.45) is 5.92 Å². The summed E-state index contributed by atoms with van der Waals surface area (Å²) < 4.78 is 31.7. The van der Waals surface area contributed by atoms with Crippen LogP contribution in [0.3, 0.4) is 0 Å². The van der Waals surface area contributed by atoms with Crippen molar-refractivity contribution in [1.29, 1.82) is 0 Å². The number of esters is 1. The molecule has 178 valence electrons. The van der Waals surface area contributed by atoms with Gasteiger partial charge >= 0.3 is 5.97 Å². The van der Waals surface area contributed by atoms with Crippen molar-refractivity contribution in [2.75, 3.05) is 11.9 Å². The molecule has 2 aliphatic rings. The molecule has 2 aromatic carbocycles. The largest absolute Gasteiger partial charge is 0.483 e. The molecule has 1 aliphatic carbocycles. The highest BCUT2D eigenvalue weighted by Crippen LogP contribution is 2.45. The van der Waals surface area contributed by atoms with Crippen LogP contribution in [-0.2, 0) is 20.8 Å². The summed E-state index contributed by atoms with van der Waals surface area (Å²) in [7, 11) is 0. The molecule has 1 N–H and O–H groups in total. The predicted molar refractivity (Wildman–Crippen MR) is 126 cm³/mol. The maximum absolute atomic E-state index is 13.2. The summed E-state index contributed by atoms with van der Waals surface area (Å²) in [4.78, 5) is 13.0. The van der Waals surface area contributed by atoms with Gasteiger partial charge in [0.05, 0.1) is 5.92 Å². The highest BCUT2D eigenvalue weighted by Gasteiger charge is 2.48. The number of hydrogen-bond donors (Lipinski definition) is 1. The van der Waals surface area contributed by atoms with Gasteiger partial charge in [-0.1, -0.05) is 31.4 Å². The summed E-state index contributed by atoms with van der Waals surface area (Å²) in [5.41, 5.74) is 2.01. The van der Waals surface area contributed by atoms with Gasteiger partial charge in [0.1, 0.15) is 23.3 Å². The molecule has 6 heteroatoms. The van der Waals surface area contributed by atoms with Gasteiger partial charge in [0.25, 0.3) is 0 Å². The lowest BCUT2D eigenvalue weighted by molar-refractivity contribution is -0.188. The number of nitrogens with one attached hydrogen (secondary N) is 1. The molecule has 1 fully saturated rings. The van der Waals surface area contributed by atoms with Crippen LogP contribution in [-0.4, -0.2) is 24.3 Å². The monoisotopic (exact) mass is 455 g/mol. The Hall–Kier alpha value is -2.60. The Labute approximate surface area is 195 Å². The molecular formula is C27H34FNO4. The lowest BCUT2D eigenvalue weighted by atomic mass is 9.86. The van der Waals surface area contributed by atoms with E-state index in [0.29, 0.717) is 13.2 Å². The summed E-state index contributed by atoms with van der Waals surface area (Å²) in [5.74, 6) is 0.300. The van der Waals surface area contributed by atoms with Crippen LogP contribution in [0.5, 0.6) is 5.75 Å². The molecule has 0 radical (unpaired) electrons. The van der Waals surface area contributed by atoms with Gasteiger partial charge in [0, 0.05) is 24.4 Å². The molecule has 0 saturated heterocycles. The first-order chi connectivity index (χ1) is 15.9. The lowest BCUT2D eigenvalue weighted by Crippen LogP contribution is -2.52. The van der Waals surface area contributed by atoms with Gasteiger partial charge in [-0.25, -0.2) is 4.39 Å². The van der Waals surface area contributed by atoms with Crippen molar-refractivity contribution >= 4 is 11.7 Å². The van der Waals surface area contributed by atoms with E-state index >= 15 is 0 Å². The molecule has 2 aromatic rings. The van der Waals surface area contributed by atoms with E-state index in [1.807, 2.05) is 39.0 Å². The molecule has 4 rings (SSSR count). The number of carbonyl (C=O) groups excluding carboxylic acids is 1. The number of halogens is 1. The SMILES string of the molecule is CCOC1c2cc(NCc3ccc(F)cc3)ccc2OC(C)(C)C1OC(=O)C1CCCCC1. The first kappa shape index (κ1) is 23.6. The van der Waals surface area contributed by atoms with Crippen molar-refractivity contribution in [3.63, 3.8) is 0 Å². The van der Waals surface area contributed by atoms with E-state index < -0.39 is 17.8 Å². The standard InChI is InChI=1S/C27H34FNO4/c1-4-31-24-22-16-21(29-17-18-10-12-20(28)13-11-18)14-15-23(22)33-27(2,3)25(24)32-26(30)19-8-6-5-7-9-19/h10-16,19,24-25,29H,4-9,17H2,1-3H3. The smallest absolute Gasteiger partial charge is 0.309 e. The molecule has 2 atom stereocenters. The minimum absolute atomic E-state index is 0.0399. The predicted octanol–water partition coefficient (Wildman–Crippen LogP) is 6.18. The van der Waals surface area contributed by atoms with Crippen molar-refractivity contribution in [3.8, 4) is 5.75 Å². The third-order valence-electron chi connectivity index (χ3n) is 6.59. The van der Waals surface area contributed by atoms with E-state index in [-0.39, 0.29) is 17.7 Å². The van der Waals surface area contributed by atoms with Crippen molar-refractivity contribution in [2.45, 2.75) is 77.2 Å². The van der Waals surface area contributed by atoms with Crippen LogP contribution < -0.4 is 10.1 Å². The van der Waals surface area contributed by atoms with Gasteiger partial charge in [0.2, 0.25) is 0 Å². The van der Waals surface area contributed by atoms with Crippen LogP contribution in [0.15, 0.2) is 42.5 Å². The van der Waals surface area contributed by atoms with Gasteiger partial charge in [-0.2, -0.15) is 0 Å². The zero-order valence-electron chi connectivity index (χ0n) is 19.7. The number of benzene rings is 2. The molecule has 0 aromatic heterocycles. The van der Waals surface area contributed by atoms with Crippen LogP contribution in [0.2, 0.25) is 0 Å². The normalized spacial score (nSPS) is 22.2. The summed E-state index contributed by atoms with van der Waals surface area (Å²) in [6, 6.07) is 12.3. The number of fused-ring (bicyclic) bond motifs is 1. The summed E-state index contributed by atoms with van der Waals surface area (Å²) in [5, 5.41) is 3.38. The fourth-order valence-corrected chi connectivity index (χ4v) is 4.77. The molecule has 1 saturated carbocycles. The highest BCUT2D eigenvalue weighted by atomic mass is 19.1. The van der Waals surface area contributed by atoms with Gasteiger partial charge < -0.3 is 19.5 Å². The third kappa shape index (κ3) is 5.49. The fourth-order valence-electron chi connectivity index (χ4n) is 4.77. The number of ether oxygens (including phenoxy) is 3. The minimum Gasteiger partial charge on any atom is -0.483 e. The molecule has 0 bridgehead atoms. The van der Waals surface area contributed by atoms with E-state index in [4.69, 9.17) is 14.2 Å². The number of anilines is 1. The highest BCUT2D eigenvalue weighted by molar-refractivity contribution is 5.73. The fraction of sp³-hybridized carbons (Fsp3) is 0.519. The molecule has 0 amide bonds. The van der Waals surface area contributed by atoms with E-state index in [2.05, 4.69) is 5.32 Å². The van der Waals surface area contributed by atoms with Gasteiger partial charge in [-0.05, 0) is 69.5 Å². The van der Waals surface area contributed by atoms with Crippen LogP contribution in [0.1, 0.15) is 70.1 Å². The first-order valence-electron chi connectivity index (χ1n) is 12.0. The maximum Gasteiger partial charge on any atom is 0.309 e. The van der Waals surface area contributed by atoms with Gasteiger partial charge in [0.15, 0.2) is 6.10 Å². The van der Waals surface area contributed by atoms with Crippen LogP contribution >= 0.6 is 0 Å². The zero-order valence-corrected chi connectivity index (χ0v) is 19.7. The topological polar surface area (TPSA) is 56.8 Å². The van der Waals surface area contributed by atoms with E-state index in [1.54, 1.807) is 12.1 Å². The van der Waals surface area contributed by atoms with Crippen molar-refractivity contribution in [3.05, 3.63) is 59.4 Å². The van der Waals surface area contributed by atoms with Crippen LogP contribution in [0.4, 0.5) is 10.1 Å². The maximum atomic E-state index is 13.2. The summed E-state index contributed by atoms with van der Waals surface area (Å²) in [6.45, 7) is 6.89. The molecule has 33 heavy (non-hydrogen) atoms. The molecule has 1 heterocycles. The molecule has 2 unspecified atom stereocenters. The Balaban J connectivity index is 1.55. The number of hydrogen-bond acceptors (Lipinski definition) is 5. The minimum atomic E-state index is -0.722. The van der Waals surface area contributed by atoms with Gasteiger partial charge in [-0.15, -0.1) is 0 Å². The Morgan fingerprint density at radius 2 is 1.85 bits per heavy atom. The van der Waals surface area contributed by atoms with Crippen LogP contribution in [0, 0.1) is 11.7 Å². The second-order valence-electron chi connectivity index (χ2n) is 9.51. The van der Waals surface area contributed by atoms with Crippen molar-refractivity contribution < 1.29 is 23.4 Å². The number of rotatable bonds is 7. The lowest BCUT2D eigenvalue weighted by Gasteiger charge is -2.44. The number of carbonyl (C=O) groups is 1. The van der Waals surface area contributed by atoms with E-state index in [0.717, 1.165) is 48.2 Å². The quantitative estimate of drug-likeness (QED) is 0.505. The van der Waals surface area contributed by atoms with Crippen LogP contribution in [0.25, 0.3) is 0 Å². The summed E-state index contributed by atoms with van der Waals surface area (Å²) in [6.07, 6.45) is 4.14. The molecule has 0 spiro atoms. The molecular weight excluding hydrogens is 421 g/mol.